The van der Waals surface area contributed by atoms with E-state index in [0.717, 1.165) is 0 Å². The van der Waals surface area contributed by atoms with Gasteiger partial charge in [-0.3, -0.25) is 20.4 Å². The van der Waals surface area contributed by atoms with Gasteiger partial charge in [-0.2, -0.15) is 5.10 Å². The highest BCUT2D eigenvalue weighted by molar-refractivity contribution is 6.30. The van der Waals surface area contributed by atoms with Crippen molar-refractivity contribution >= 4 is 23.4 Å². The van der Waals surface area contributed by atoms with Crippen LogP contribution in [0.5, 0.6) is 0 Å². The molecule has 0 saturated heterocycles. The molecule has 138 valence electrons. The fourth-order valence-electron chi connectivity index (χ4n) is 2.65. The van der Waals surface area contributed by atoms with E-state index in [1.807, 2.05) is 0 Å². The number of amides is 2. The number of aryl methyl sites for hydroxylation is 1. The van der Waals surface area contributed by atoms with Crippen LogP contribution in [0.1, 0.15) is 32.1 Å². The van der Waals surface area contributed by atoms with E-state index in [-0.39, 0.29) is 5.82 Å². The minimum Gasteiger partial charge on any atom is -0.267 e. The van der Waals surface area contributed by atoms with Crippen molar-refractivity contribution in [2.75, 3.05) is 0 Å². The minimum absolute atomic E-state index is 0.329. The van der Waals surface area contributed by atoms with Gasteiger partial charge < -0.3 is 0 Å². The molecule has 1 aromatic heterocycles. The van der Waals surface area contributed by atoms with Gasteiger partial charge in [0.2, 0.25) is 0 Å². The van der Waals surface area contributed by atoms with Crippen LogP contribution in [-0.2, 0) is 0 Å². The zero-order chi connectivity index (χ0) is 19.6. The first-order chi connectivity index (χ1) is 12.9. The Labute approximate surface area is 159 Å². The summed E-state index contributed by atoms with van der Waals surface area (Å²) in [6, 6.07) is 12.0. The third kappa shape index (κ3) is 3.98. The molecule has 2 N–H and O–H groups in total. The fourth-order valence-corrected chi connectivity index (χ4v) is 2.78. The number of hydrogen-bond donors (Lipinski definition) is 2. The maximum absolute atomic E-state index is 13.1. The van der Waals surface area contributed by atoms with Crippen LogP contribution in [0, 0.1) is 19.7 Å². The zero-order valence-corrected chi connectivity index (χ0v) is 15.3. The number of carbonyl (C=O) groups excluding carboxylic acids is 2. The average molecular weight is 387 g/mol. The normalized spacial score (nSPS) is 10.5. The lowest BCUT2D eigenvalue weighted by Crippen LogP contribution is -2.42. The summed E-state index contributed by atoms with van der Waals surface area (Å²) in [4.78, 5) is 24.6. The van der Waals surface area contributed by atoms with Gasteiger partial charge in [-0.15, -0.1) is 0 Å². The van der Waals surface area contributed by atoms with Crippen LogP contribution in [0.4, 0.5) is 4.39 Å². The number of rotatable bonds is 3. The Kier molecular flexibility index (Phi) is 5.23. The second-order valence-electron chi connectivity index (χ2n) is 5.85. The van der Waals surface area contributed by atoms with Crippen LogP contribution in [0.15, 0.2) is 48.5 Å². The largest absolute Gasteiger partial charge is 0.273 e. The van der Waals surface area contributed by atoms with E-state index in [0.29, 0.717) is 33.2 Å². The molecule has 0 spiro atoms. The summed E-state index contributed by atoms with van der Waals surface area (Å²) in [5.41, 5.74) is 7.10. The van der Waals surface area contributed by atoms with Gasteiger partial charge in [-0.05, 0) is 62.4 Å². The van der Waals surface area contributed by atoms with E-state index in [1.54, 1.807) is 54.9 Å². The Morgan fingerprint density at radius 1 is 0.963 bits per heavy atom. The van der Waals surface area contributed by atoms with E-state index >= 15 is 0 Å². The van der Waals surface area contributed by atoms with Gasteiger partial charge >= 0.3 is 0 Å². The number of carbonyl (C=O) groups is 2. The molecule has 0 atom stereocenters. The third-order valence-electron chi connectivity index (χ3n) is 3.99. The molecule has 0 aliphatic carbocycles. The molecule has 0 saturated carbocycles. The Bertz CT molecular complexity index is 998. The lowest BCUT2D eigenvalue weighted by Gasteiger charge is -2.08. The van der Waals surface area contributed by atoms with E-state index in [1.165, 1.54) is 12.1 Å². The van der Waals surface area contributed by atoms with Gasteiger partial charge in [0.1, 0.15) is 5.82 Å². The molecule has 6 nitrogen and oxygen atoms in total. The summed E-state index contributed by atoms with van der Waals surface area (Å²) in [5, 5.41) is 4.84. The van der Waals surface area contributed by atoms with Crippen LogP contribution in [0.2, 0.25) is 5.02 Å². The summed E-state index contributed by atoms with van der Waals surface area (Å²) >= 11 is 5.79. The lowest BCUT2D eigenvalue weighted by atomic mass is 10.2. The van der Waals surface area contributed by atoms with Gasteiger partial charge in [0.15, 0.2) is 0 Å². The predicted octanol–water partition coefficient (Wildman–Crippen LogP) is 3.36. The summed E-state index contributed by atoms with van der Waals surface area (Å²) in [6.45, 7) is 3.40. The topological polar surface area (TPSA) is 76.0 Å². The van der Waals surface area contributed by atoms with Gasteiger partial charge in [0, 0.05) is 10.6 Å². The van der Waals surface area contributed by atoms with Crippen molar-refractivity contribution in [1.29, 1.82) is 0 Å². The highest BCUT2D eigenvalue weighted by Crippen LogP contribution is 2.18. The lowest BCUT2D eigenvalue weighted by molar-refractivity contribution is 0.0846. The van der Waals surface area contributed by atoms with Gasteiger partial charge in [0.05, 0.1) is 22.6 Å². The summed E-state index contributed by atoms with van der Waals surface area (Å²) < 4.78 is 14.7. The Morgan fingerprint density at radius 2 is 1.56 bits per heavy atom. The molecular weight excluding hydrogens is 371 g/mol. The van der Waals surface area contributed by atoms with Crippen LogP contribution in [0.3, 0.4) is 0 Å². The van der Waals surface area contributed by atoms with Gasteiger partial charge in [-0.25, -0.2) is 9.07 Å². The zero-order valence-electron chi connectivity index (χ0n) is 14.6. The monoisotopic (exact) mass is 386 g/mol. The highest BCUT2D eigenvalue weighted by Gasteiger charge is 2.20. The van der Waals surface area contributed by atoms with Gasteiger partial charge in [-0.1, -0.05) is 11.6 Å². The Balaban J connectivity index is 1.76. The van der Waals surface area contributed by atoms with Gasteiger partial charge in [0.25, 0.3) is 11.8 Å². The second kappa shape index (κ2) is 7.59. The molecule has 0 aliphatic heterocycles. The first kappa shape index (κ1) is 18.6. The molecule has 0 radical (unpaired) electrons. The maximum Gasteiger partial charge on any atom is 0.273 e. The van der Waals surface area contributed by atoms with Crippen molar-refractivity contribution in [3.63, 3.8) is 0 Å². The average Bonchev–Trinajstić information content (AvgIpc) is 2.95. The number of benzene rings is 2. The molecule has 8 heteroatoms. The van der Waals surface area contributed by atoms with Crippen LogP contribution < -0.4 is 10.9 Å². The molecule has 0 bridgehead atoms. The van der Waals surface area contributed by atoms with Crippen molar-refractivity contribution in [3.8, 4) is 5.69 Å². The van der Waals surface area contributed by atoms with E-state index < -0.39 is 11.8 Å². The molecule has 0 unspecified atom stereocenters. The number of nitrogens with zero attached hydrogens (tertiary/aromatic N) is 2. The smallest absolute Gasteiger partial charge is 0.267 e. The summed E-state index contributed by atoms with van der Waals surface area (Å²) in [5.74, 6) is -1.33. The molecule has 3 aromatic rings. The number of aromatic nitrogens is 2. The van der Waals surface area contributed by atoms with E-state index in [9.17, 15) is 14.0 Å². The third-order valence-corrected chi connectivity index (χ3v) is 4.24. The first-order valence-corrected chi connectivity index (χ1v) is 8.43. The number of hydrogen-bond acceptors (Lipinski definition) is 3. The molecule has 0 aliphatic rings. The first-order valence-electron chi connectivity index (χ1n) is 8.05. The standard InChI is InChI=1S/C19H16ClFN4O2/c1-11-17(12(2)25(24-11)16-9-7-15(21)8-10-16)19(27)23-22-18(26)13-3-5-14(20)6-4-13/h3-10H,1-2H3,(H,22,26)(H,23,27). The summed E-state index contributed by atoms with van der Waals surface area (Å²) in [7, 11) is 0. The molecular formula is C19H16ClFN4O2. The highest BCUT2D eigenvalue weighted by atomic mass is 35.5. The molecule has 3 rings (SSSR count). The van der Waals surface area contributed by atoms with Crippen molar-refractivity contribution in [2.45, 2.75) is 13.8 Å². The second-order valence-corrected chi connectivity index (χ2v) is 6.29. The molecule has 0 fully saturated rings. The molecule has 27 heavy (non-hydrogen) atoms. The van der Waals surface area contributed by atoms with Crippen LogP contribution in [0.25, 0.3) is 5.69 Å². The molecule has 1 heterocycles. The predicted molar refractivity (Wildman–Crippen MR) is 99.4 cm³/mol. The van der Waals surface area contributed by atoms with Crippen LogP contribution >= 0.6 is 11.6 Å². The minimum atomic E-state index is -0.499. The number of hydrazine groups is 1. The SMILES string of the molecule is Cc1nn(-c2ccc(F)cc2)c(C)c1C(=O)NNC(=O)c1ccc(Cl)cc1. The maximum atomic E-state index is 13.1. The van der Waals surface area contributed by atoms with Crippen molar-refractivity contribution < 1.29 is 14.0 Å². The van der Waals surface area contributed by atoms with E-state index in [2.05, 4.69) is 16.0 Å². The Morgan fingerprint density at radius 3 is 2.19 bits per heavy atom. The quantitative estimate of drug-likeness (QED) is 0.678. The fraction of sp³-hybridized carbons (Fsp3) is 0.105. The van der Waals surface area contributed by atoms with Crippen molar-refractivity contribution in [1.82, 2.24) is 20.6 Å². The number of nitrogens with one attached hydrogen (secondary N) is 2. The van der Waals surface area contributed by atoms with E-state index in [4.69, 9.17) is 11.6 Å². The number of halogens is 2. The van der Waals surface area contributed by atoms with Crippen LogP contribution in [-0.4, -0.2) is 21.6 Å². The van der Waals surface area contributed by atoms with Crippen molar-refractivity contribution in [3.05, 3.63) is 81.9 Å². The molecule has 2 aromatic carbocycles. The van der Waals surface area contributed by atoms with Crippen molar-refractivity contribution in [2.24, 2.45) is 0 Å². The molecule has 2 amide bonds. The summed E-state index contributed by atoms with van der Waals surface area (Å²) in [6.07, 6.45) is 0. The Hall–Kier alpha value is -3.19.